The maximum atomic E-state index is 12.4. The lowest BCUT2D eigenvalue weighted by atomic mass is 10.2. The minimum atomic E-state index is -0.753. The van der Waals surface area contributed by atoms with Crippen molar-refractivity contribution in [3.8, 4) is 11.8 Å². The number of anilines is 2. The molecule has 0 spiro atoms. The van der Waals surface area contributed by atoms with Crippen molar-refractivity contribution in [2.45, 2.75) is 0 Å². The van der Waals surface area contributed by atoms with Crippen molar-refractivity contribution < 1.29 is 28.6 Å². The molecule has 4 heterocycles. The monoisotopic (exact) mass is 527 g/mol. The molecule has 194 valence electrons. The lowest BCUT2D eigenvalue weighted by Crippen LogP contribution is -2.40. The summed E-state index contributed by atoms with van der Waals surface area (Å²) in [4.78, 5) is 54.4. The summed E-state index contributed by atoms with van der Waals surface area (Å²) in [6, 6.07) is 7.07. The van der Waals surface area contributed by atoms with E-state index in [-0.39, 0.29) is 10.9 Å². The fourth-order valence-corrected chi connectivity index (χ4v) is 4.71. The fraction of sp³-hybridized carbons (Fsp3) is 0.391. The Kier molecular flexibility index (Phi) is 7.48. The third-order valence-corrected chi connectivity index (χ3v) is 6.66. The van der Waals surface area contributed by atoms with Crippen LogP contribution in [0.4, 0.5) is 16.7 Å². The largest absolute Gasteiger partial charge is 0.424 e. The zero-order valence-electron chi connectivity index (χ0n) is 19.9. The van der Waals surface area contributed by atoms with Crippen molar-refractivity contribution >= 4 is 46.8 Å². The first-order chi connectivity index (χ1) is 18.0. The molecule has 37 heavy (non-hydrogen) atoms. The van der Waals surface area contributed by atoms with E-state index in [1.165, 1.54) is 0 Å². The van der Waals surface area contributed by atoms with E-state index in [1.807, 2.05) is 9.80 Å². The topological polar surface area (TPSA) is 153 Å². The predicted octanol–water partition coefficient (Wildman–Crippen LogP) is 0.859. The van der Waals surface area contributed by atoms with Gasteiger partial charge >= 0.3 is 6.01 Å². The number of ether oxygens (including phenoxy) is 3. The zero-order valence-corrected chi connectivity index (χ0v) is 20.7. The van der Waals surface area contributed by atoms with Gasteiger partial charge in [0.05, 0.1) is 31.3 Å². The van der Waals surface area contributed by atoms with Gasteiger partial charge in [-0.1, -0.05) is 12.1 Å². The van der Waals surface area contributed by atoms with Crippen LogP contribution in [0.1, 0.15) is 5.56 Å². The van der Waals surface area contributed by atoms with E-state index in [2.05, 4.69) is 15.0 Å². The quantitative estimate of drug-likeness (QED) is 0.508. The first-order valence-corrected chi connectivity index (χ1v) is 12.5. The number of hydrogen-bond acceptors (Lipinski definition) is 12. The average molecular weight is 528 g/mol. The molecule has 1 aromatic carbocycles. The number of imide groups is 1. The summed E-state index contributed by atoms with van der Waals surface area (Å²) in [5, 5.41) is -0.531. The van der Waals surface area contributed by atoms with Crippen LogP contribution in [0.2, 0.25) is 0 Å². The van der Waals surface area contributed by atoms with E-state index in [1.54, 1.807) is 30.3 Å². The van der Waals surface area contributed by atoms with Crippen LogP contribution in [-0.4, -0.2) is 96.1 Å². The first-order valence-electron chi connectivity index (χ1n) is 11.7. The number of carbonyl (C=O) groups is 3. The highest BCUT2D eigenvalue weighted by atomic mass is 32.2. The van der Waals surface area contributed by atoms with Gasteiger partial charge in [-0.3, -0.25) is 19.3 Å². The van der Waals surface area contributed by atoms with Crippen LogP contribution in [0.3, 0.4) is 0 Å². The number of primary amides is 1. The molecule has 3 fully saturated rings. The van der Waals surface area contributed by atoms with Gasteiger partial charge in [0, 0.05) is 26.2 Å². The van der Waals surface area contributed by atoms with Crippen LogP contribution < -0.4 is 20.3 Å². The zero-order chi connectivity index (χ0) is 25.8. The van der Waals surface area contributed by atoms with Gasteiger partial charge in [0.15, 0.2) is 0 Å². The van der Waals surface area contributed by atoms with Gasteiger partial charge in [0.1, 0.15) is 12.3 Å². The molecule has 3 aliphatic rings. The van der Waals surface area contributed by atoms with Crippen LogP contribution in [0.15, 0.2) is 29.2 Å². The molecule has 13 nitrogen and oxygen atoms in total. The number of amides is 3. The molecule has 0 atom stereocenters. The van der Waals surface area contributed by atoms with Crippen LogP contribution in [0, 0.1) is 0 Å². The molecule has 3 aliphatic heterocycles. The van der Waals surface area contributed by atoms with E-state index >= 15 is 0 Å². The fourth-order valence-electron chi connectivity index (χ4n) is 3.87. The summed E-state index contributed by atoms with van der Waals surface area (Å²) in [6.07, 6.45) is 1.58. The summed E-state index contributed by atoms with van der Waals surface area (Å²) in [6.45, 7) is 4.63. The van der Waals surface area contributed by atoms with Crippen LogP contribution >= 0.6 is 11.8 Å². The standard InChI is InChI=1S/C23H25N7O6S/c24-18(31)14-30-19(32)17(37-23(30)33)13-15-1-3-16(4-2-15)36-22-26-20(28-5-9-34-10-6-28)25-21(27-22)29-7-11-35-12-8-29/h1-4,13H,5-12,14H2,(H2,24,31)/b17-13-. The first kappa shape index (κ1) is 24.9. The van der Waals surface area contributed by atoms with E-state index < -0.39 is 23.6 Å². The van der Waals surface area contributed by atoms with Gasteiger partial charge in [-0.25, -0.2) is 0 Å². The Morgan fingerprint density at radius 3 is 2.05 bits per heavy atom. The van der Waals surface area contributed by atoms with Gasteiger partial charge in [-0.15, -0.1) is 0 Å². The number of carbonyl (C=O) groups excluding carboxylic acids is 3. The number of aromatic nitrogens is 3. The molecule has 5 rings (SSSR count). The molecule has 0 unspecified atom stereocenters. The van der Waals surface area contributed by atoms with E-state index in [9.17, 15) is 14.4 Å². The van der Waals surface area contributed by atoms with Crippen molar-refractivity contribution in [1.29, 1.82) is 0 Å². The van der Waals surface area contributed by atoms with Crippen molar-refractivity contribution in [1.82, 2.24) is 19.9 Å². The van der Waals surface area contributed by atoms with Gasteiger partial charge < -0.3 is 29.7 Å². The Hall–Kier alpha value is -3.75. The Morgan fingerprint density at radius 2 is 1.51 bits per heavy atom. The highest BCUT2D eigenvalue weighted by molar-refractivity contribution is 8.18. The third kappa shape index (κ3) is 5.98. The van der Waals surface area contributed by atoms with Crippen molar-refractivity contribution in [3.63, 3.8) is 0 Å². The number of benzene rings is 1. The number of hydrogen-bond donors (Lipinski definition) is 1. The van der Waals surface area contributed by atoms with Crippen LogP contribution in [-0.2, 0) is 19.1 Å². The van der Waals surface area contributed by atoms with Gasteiger partial charge in [0.25, 0.3) is 11.1 Å². The molecule has 0 saturated carbocycles. The smallest absolute Gasteiger partial charge is 0.328 e. The molecule has 3 amide bonds. The van der Waals surface area contributed by atoms with Crippen molar-refractivity contribution in [3.05, 3.63) is 34.7 Å². The predicted molar refractivity (Wildman–Crippen MR) is 134 cm³/mol. The summed E-state index contributed by atoms with van der Waals surface area (Å²) in [7, 11) is 0. The maximum Gasteiger partial charge on any atom is 0.328 e. The third-order valence-electron chi connectivity index (χ3n) is 5.75. The number of morpholine rings is 2. The number of rotatable bonds is 7. The summed E-state index contributed by atoms with van der Waals surface area (Å²) in [5.41, 5.74) is 5.80. The molecule has 0 aliphatic carbocycles. The molecule has 0 radical (unpaired) electrons. The van der Waals surface area contributed by atoms with E-state index in [4.69, 9.17) is 19.9 Å². The Bertz CT molecular complexity index is 1180. The Morgan fingerprint density at radius 1 is 0.946 bits per heavy atom. The minimum absolute atomic E-state index is 0.165. The minimum Gasteiger partial charge on any atom is -0.424 e. The SMILES string of the molecule is NC(=O)CN1C(=O)S/C(=C\c2ccc(Oc3nc(N4CCOCC4)nc(N4CCOCC4)n3)cc2)C1=O. The Balaban J connectivity index is 1.33. The second-order valence-electron chi connectivity index (χ2n) is 8.32. The molecular weight excluding hydrogens is 502 g/mol. The van der Waals surface area contributed by atoms with Crippen LogP contribution in [0.25, 0.3) is 6.08 Å². The second-order valence-corrected chi connectivity index (χ2v) is 9.32. The molecule has 2 N–H and O–H groups in total. The normalized spacial score (nSPS) is 19.6. The number of nitrogens with zero attached hydrogens (tertiary/aromatic N) is 6. The molecule has 14 heteroatoms. The molecular formula is C23H25N7O6S. The second kappa shape index (κ2) is 11.1. The van der Waals surface area contributed by atoms with Crippen LogP contribution in [0.5, 0.6) is 11.8 Å². The molecule has 0 bridgehead atoms. The molecule has 1 aromatic heterocycles. The average Bonchev–Trinajstić information content (AvgIpc) is 3.17. The maximum absolute atomic E-state index is 12.4. The van der Waals surface area contributed by atoms with Crippen molar-refractivity contribution in [2.24, 2.45) is 5.73 Å². The highest BCUT2D eigenvalue weighted by Gasteiger charge is 2.35. The molecule has 3 saturated heterocycles. The van der Waals surface area contributed by atoms with Gasteiger partial charge in [0.2, 0.25) is 17.8 Å². The summed E-state index contributed by atoms with van der Waals surface area (Å²) in [5.74, 6) is 0.241. The number of thioether (sulfide) groups is 1. The summed E-state index contributed by atoms with van der Waals surface area (Å²) >= 11 is 0.761. The van der Waals surface area contributed by atoms with E-state index in [0.29, 0.717) is 75.8 Å². The van der Waals surface area contributed by atoms with Gasteiger partial charge in [-0.2, -0.15) is 15.0 Å². The lowest BCUT2D eigenvalue weighted by molar-refractivity contribution is -0.127. The summed E-state index contributed by atoms with van der Waals surface area (Å²) < 4.78 is 16.9. The van der Waals surface area contributed by atoms with Gasteiger partial charge in [-0.05, 0) is 35.5 Å². The number of nitrogens with two attached hydrogens (primary N) is 1. The Labute approximate surface area is 216 Å². The molecule has 2 aromatic rings. The van der Waals surface area contributed by atoms with Crippen molar-refractivity contribution in [2.75, 3.05) is 69.0 Å². The highest BCUT2D eigenvalue weighted by Crippen LogP contribution is 2.32. The van der Waals surface area contributed by atoms with E-state index in [0.717, 1.165) is 16.7 Å². The lowest BCUT2D eigenvalue weighted by Gasteiger charge is -2.30.